The van der Waals surface area contributed by atoms with Crippen LogP contribution in [0.1, 0.15) is 35.8 Å². The molecule has 1 heterocycles. The van der Waals surface area contributed by atoms with Crippen molar-refractivity contribution in [1.82, 2.24) is 4.98 Å². The van der Waals surface area contributed by atoms with Crippen LogP contribution in [-0.4, -0.2) is 30.4 Å². The van der Waals surface area contributed by atoms with Crippen molar-refractivity contribution in [2.75, 3.05) is 23.4 Å². The minimum absolute atomic E-state index is 0.123. The minimum atomic E-state index is -0.852. The maximum Gasteiger partial charge on any atom is 0.276 e. The highest BCUT2D eigenvalue weighted by atomic mass is 19.1. The van der Waals surface area contributed by atoms with Crippen molar-refractivity contribution in [3.05, 3.63) is 90.0 Å². The molecule has 1 aliphatic carbocycles. The lowest BCUT2D eigenvalue weighted by atomic mass is 9.93. The van der Waals surface area contributed by atoms with Crippen LogP contribution >= 0.6 is 0 Å². The number of para-hydroxylation sites is 1. The Hall–Kier alpha value is -3.54. The van der Waals surface area contributed by atoms with E-state index in [0.29, 0.717) is 36.3 Å². The van der Waals surface area contributed by atoms with E-state index in [1.54, 1.807) is 48.5 Å². The Labute approximate surface area is 181 Å². The third-order valence-corrected chi connectivity index (χ3v) is 5.83. The first-order valence-electron chi connectivity index (χ1n) is 10.3. The number of nitrogens with zero attached hydrogens (tertiary/aromatic N) is 3. The van der Waals surface area contributed by atoms with Crippen LogP contribution < -0.4 is 9.80 Å². The SMILES string of the molecule is CCN(C(=O)c1ccccn1)c1ccc(C2(C(=O)N(C)c3ccccc3)CC2)c(F)c1. The number of carbonyl (C=O) groups is 2. The molecule has 3 aromatic rings. The van der Waals surface area contributed by atoms with Crippen LogP contribution in [0.3, 0.4) is 0 Å². The van der Waals surface area contributed by atoms with Gasteiger partial charge in [-0.25, -0.2) is 4.39 Å². The Kier molecular flexibility index (Phi) is 5.55. The van der Waals surface area contributed by atoms with Crippen LogP contribution in [-0.2, 0) is 10.2 Å². The summed E-state index contributed by atoms with van der Waals surface area (Å²) in [5.41, 5.74) is 1.04. The van der Waals surface area contributed by atoms with Gasteiger partial charge in [0.15, 0.2) is 0 Å². The molecule has 0 spiro atoms. The predicted octanol–water partition coefficient (Wildman–Crippen LogP) is 4.58. The van der Waals surface area contributed by atoms with E-state index in [1.165, 1.54) is 11.0 Å². The summed E-state index contributed by atoms with van der Waals surface area (Å²) >= 11 is 0. The van der Waals surface area contributed by atoms with Crippen LogP contribution in [0.15, 0.2) is 72.9 Å². The lowest BCUT2D eigenvalue weighted by Gasteiger charge is -2.26. The number of amides is 2. The van der Waals surface area contributed by atoms with Crippen molar-refractivity contribution in [3.8, 4) is 0 Å². The third kappa shape index (κ3) is 3.81. The zero-order valence-electron chi connectivity index (χ0n) is 17.6. The summed E-state index contributed by atoms with van der Waals surface area (Å²) in [6.45, 7) is 2.20. The van der Waals surface area contributed by atoms with Gasteiger partial charge in [-0.1, -0.05) is 30.3 Å². The molecular weight excluding hydrogens is 393 g/mol. The van der Waals surface area contributed by atoms with E-state index in [4.69, 9.17) is 0 Å². The van der Waals surface area contributed by atoms with Gasteiger partial charge in [-0.3, -0.25) is 14.6 Å². The molecule has 0 atom stereocenters. The topological polar surface area (TPSA) is 53.5 Å². The van der Waals surface area contributed by atoms with Gasteiger partial charge in [-0.05, 0) is 56.2 Å². The van der Waals surface area contributed by atoms with E-state index in [-0.39, 0.29) is 11.8 Å². The third-order valence-electron chi connectivity index (χ3n) is 5.83. The van der Waals surface area contributed by atoms with Crippen molar-refractivity contribution in [1.29, 1.82) is 0 Å². The molecule has 0 radical (unpaired) electrons. The number of pyridine rings is 1. The average Bonchev–Trinajstić information content (AvgIpc) is 3.61. The average molecular weight is 417 g/mol. The van der Waals surface area contributed by atoms with Gasteiger partial charge in [-0.2, -0.15) is 0 Å². The molecule has 31 heavy (non-hydrogen) atoms. The molecule has 158 valence electrons. The number of benzene rings is 2. The molecule has 1 fully saturated rings. The maximum atomic E-state index is 15.3. The highest BCUT2D eigenvalue weighted by Crippen LogP contribution is 2.51. The summed E-state index contributed by atoms with van der Waals surface area (Å²) in [5.74, 6) is -0.893. The normalized spacial score (nSPS) is 14.0. The second kappa shape index (κ2) is 8.30. The monoisotopic (exact) mass is 417 g/mol. The largest absolute Gasteiger partial charge is 0.315 e. The number of hydrogen-bond acceptors (Lipinski definition) is 3. The highest BCUT2D eigenvalue weighted by molar-refractivity contribution is 6.05. The summed E-state index contributed by atoms with van der Waals surface area (Å²) < 4.78 is 15.3. The van der Waals surface area contributed by atoms with Gasteiger partial charge in [0, 0.05) is 36.7 Å². The number of aromatic nitrogens is 1. The van der Waals surface area contributed by atoms with Crippen LogP contribution in [0.5, 0.6) is 0 Å². The first-order valence-corrected chi connectivity index (χ1v) is 10.3. The lowest BCUT2D eigenvalue weighted by molar-refractivity contribution is -0.120. The van der Waals surface area contributed by atoms with Crippen molar-refractivity contribution < 1.29 is 14.0 Å². The van der Waals surface area contributed by atoms with Crippen LogP contribution in [0, 0.1) is 5.82 Å². The molecule has 1 aliphatic rings. The zero-order chi connectivity index (χ0) is 22.0. The maximum absolute atomic E-state index is 15.3. The fourth-order valence-electron chi connectivity index (χ4n) is 3.94. The number of hydrogen-bond donors (Lipinski definition) is 0. The second-order valence-electron chi connectivity index (χ2n) is 7.71. The Morgan fingerprint density at radius 2 is 1.71 bits per heavy atom. The molecule has 0 N–H and O–H groups in total. The van der Waals surface area contributed by atoms with E-state index in [0.717, 1.165) is 5.69 Å². The quantitative estimate of drug-likeness (QED) is 0.590. The number of carbonyl (C=O) groups excluding carboxylic acids is 2. The smallest absolute Gasteiger partial charge is 0.276 e. The molecule has 6 heteroatoms. The molecule has 0 aliphatic heterocycles. The van der Waals surface area contributed by atoms with Crippen LogP contribution in [0.4, 0.5) is 15.8 Å². The Bertz CT molecular complexity index is 1100. The molecule has 5 nitrogen and oxygen atoms in total. The molecule has 0 bridgehead atoms. The number of likely N-dealkylation sites (N-methyl/N-ethyl adjacent to an activating group) is 1. The summed E-state index contributed by atoms with van der Waals surface area (Å²) in [4.78, 5) is 33.2. The molecule has 0 saturated heterocycles. The molecule has 2 aromatic carbocycles. The summed E-state index contributed by atoms with van der Waals surface area (Å²) in [6.07, 6.45) is 2.75. The Morgan fingerprint density at radius 3 is 2.29 bits per heavy atom. The summed E-state index contributed by atoms with van der Waals surface area (Å²) in [5, 5.41) is 0. The fourth-order valence-corrected chi connectivity index (χ4v) is 3.94. The summed E-state index contributed by atoms with van der Waals surface area (Å²) in [7, 11) is 1.72. The number of anilines is 2. The van der Waals surface area contributed by atoms with Crippen molar-refractivity contribution >= 4 is 23.2 Å². The van der Waals surface area contributed by atoms with Crippen molar-refractivity contribution in [3.63, 3.8) is 0 Å². The Morgan fingerprint density at radius 1 is 1.00 bits per heavy atom. The highest BCUT2D eigenvalue weighted by Gasteiger charge is 2.54. The van der Waals surface area contributed by atoms with E-state index in [9.17, 15) is 9.59 Å². The van der Waals surface area contributed by atoms with Crippen molar-refractivity contribution in [2.45, 2.75) is 25.2 Å². The van der Waals surface area contributed by atoms with Gasteiger partial charge >= 0.3 is 0 Å². The van der Waals surface area contributed by atoms with Crippen LogP contribution in [0.25, 0.3) is 0 Å². The first kappa shape index (κ1) is 20.7. The molecular formula is C25H24FN3O2. The molecule has 1 saturated carbocycles. The number of halogens is 1. The van der Waals surface area contributed by atoms with E-state index < -0.39 is 11.2 Å². The van der Waals surface area contributed by atoms with E-state index in [2.05, 4.69) is 4.98 Å². The predicted molar refractivity (Wildman–Crippen MR) is 119 cm³/mol. The van der Waals surface area contributed by atoms with Gasteiger partial charge in [-0.15, -0.1) is 0 Å². The van der Waals surface area contributed by atoms with Gasteiger partial charge in [0.05, 0.1) is 5.41 Å². The van der Waals surface area contributed by atoms with Gasteiger partial charge in [0.2, 0.25) is 5.91 Å². The molecule has 0 unspecified atom stereocenters. The van der Waals surface area contributed by atoms with Gasteiger partial charge in [0.25, 0.3) is 5.91 Å². The lowest BCUT2D eigenvalue weighted by Crippen LogP contribution is -2.37. The Balaban J connectivity index is 1.61. The van der Waals surface area contributed by atoms with Crippen molar-refractivity contribution in [2.24, 2.45) is 0 Å². The molecule has 2 amide bonds. The zero-order valence-corrected chi connectivity index (χ0v) is 17.6. The molecule has 1 aromatic heterocycles. The standard InChI is InChI=1S/C25H24FN3O2/c1-3-29(23(30)22-11-7-8-16-27-22)19-12-13-20(21(26)17-19)25(14-15-25)24(31)28(2)18-9-5-4-6-10-18/h4-13,16-17H,3,14-15H2,1-2H3. The minimum Gasteiger partial charge on any atom is -0.315 e. The first-order chi connectivity index (χ1) is 15.0. The fraction of sp³-hybridized carbons (Fsp3) is 0.240. The summed E-state index contributed by atoms with van der Waals surface area (Å²) in [6, 6.07) is 19.1. The molecule has 4 rings (SSSR count). The van der Waals surface area contributed by atoms with E-state index >= 15 is 4.39 Å². The van der Waals surface area contributed by atoms with Crippen LogP contribution in [0.2, 0.25) is 0 Å². The van der Waals surface area contributed by atoms with Gasteiger partial charge in [0.1, 0.15) is 11.5 Å². The number of rotatable bonds is 6. The van der Waals surface area contributed by atoms with Gasteiger partial charge < -0.3 is 9.80 Å². The van der Waals surface area contributed by atoms with E-state index in [1.807, 2.05) is 37.3 Å². The second-order valence-corrected chi connectivity index (χ2v) is 7.71.